The molecule has 0 aliphatic rings. The molecule has 3 aromatic rings. The van der Waals surface area contributed by atoms with E-state index in [9.17, 15) is 4.79 Å². The van der Waals surface area contributed by atoms with E-state index in [-0.39, 0.29) is 19.1 Å². The molecule has 0 bridgehead atoms. The van der Waals surface area contributed by atoms with Gasteiger partial charge in [0.25, 0.3) is 5.91 Å². The number of rotatable bonds is 8. The molecule has 0 saturated heterocycles. The number of aromatic nitrogens is 2. The lowest BCUT2D eigenvalue weighted by Crippen LogP contribution is -2.32. The number of hydrogen-bond acceptors (Lipinski definition) is 6. The minimum atomic E-state index is -0.212. The number of carbonyl (C=O) groups excluding carboxylic acids is 1. The number of hydrogen-bond donors (Lipinski definition) is 1. The van der Waals surface area contributed by atoms with Crippen LogP contribution in [-0.4, -0.2) is 35.9 Å². The molecular weight excluding hydrogens is 334 g/mol. The normalized spacial score (nSPS) is 10.3. The fourth-order valence-electron chi connectivity index (χ4n) is 2.21. The van der Waals surface area contributed by atoms with Crippen LogP contribution in [0.5, 0.6) is 11.6 Å². The molecule has 0 aliphatic carbocycles. The summed E-state index contributed by atoms with van der Waals surface area (Å²) in [7, 11) is 0. The molecule has 0 aliphatic heterocycles. The number of ether oxygens (including phenoxy) is 2. The number of nitrogens with zero attached hydrogens (tertiary/aromatic N) is 2. The molecule has 2 aromatic heterocycles. The van der Waals surface area contributed by atoms with Crippen LogP contribution in [-0.2, 0) is 4.79 Å². The van der Waals surface area contributed by atoms with Crippen molar-refractivity contribution >= 4 is 5.91 Å². The zero-order valence-corrected chi connectivity index (χ0v) is 14.3. The fourth-order valence-corrected chi connectivity index (χ4v) is 2.21. The third-order valence-corrected chi connectivity index (χ3v) is 3.54. The zero-order valence-electron chi connectivity index (χ0n) is 14.3. The van der Waals surface area contributed by atoms with Gasteiger partial charge in [0.05, 0.1) is 12.8 Å². The van der Waals surface area contributed by atoms with E-state index in [1.54, 1.807) is 30.5 Å². The Bertz CT molecular complexity index is 832. The van der Waals surface area contributed by atoms with Crippen molar-refractivity contribution in [2.75, 3.05) is 19.8 Å². The number of para-hydroxylation sites is 1. The van der Waals surface area contributed by atoms with Gasteiger partial charge in [-0.2, -0.15) is 0 Å². The Kier molecular flexibility index (Phi) is 5.82. The van der Waals surface area contributed by atoms with Crippen molar-refractivity contribution in [2.24, 2.45) is 0 Å². The van der Waals surface area contributed by atoms with Gasteiger partial charge in [-0.05, 0) is 36.8 Å². The monoisotopic (exact) mass is 353 g/mol. The molecule has 7 heteroatoms. The van der Waals surface area contributed by atoms with Crippen LogP contribution in [0.15, 0.2) is 59.2 Å². The van der Waals surface area contributed by atoms with Crippen LogP contribution in [0.25, 0.3) is 11.5 Å². The average Bonchev–Trinajstić information content (AvgIpc) is 3.20. The molecule has 0 spiro atoms. The second-order valence-corrected chi connectivity index (χ2v) is 5.49. The van der Waals surface area contributed by atoms with E-state index >= 15 is 0 Å². The number of amides is 1. The summed E-state index contributed by atoms with van der Waals surface area (Å²) in [5, 5.41) is 10.7. The van der Waals surface area contributed by atoms with Gasteiger partial charge in [-0.15, -0.1) is 10.2 Å². The van der Waals surface area contributed by atoms with Crippen molar-refractivity contribution in [3.05, 3.63) is 60.4 Å². The van der Waals surface area contributed by atoms with E-state index in [4.69, 9.17) is 13.9 Å². The van der Waals surface area contributed by atoms with Crippen LogP contribution >= 0.6 is 0 Å². The predicted octanol–water partition coefficient (Wildman–Crippen LogP) is 2.62. The number of aryl methyl sites for hydroxylation is 1. The summed E-state index contributed by atoms with van der Waals surface area (Å²) < 4.78 is 16.2. The quantitative estimate of drug-likeness (QED) is 0.627. The molecule has 0 atom stereocenters. The van der Waals surface area contributed by atoms with Gasteiger partial charge in [0.2, 0.25) is 5.88 Å². The molecule has 7 nitrogen and oxygen atoms in total. The molecule has 1 aromatic carbocycles. The van der Waals surface area contributed by atoms with Crippen molar-refractivity contribution in [3.8, 4) is 23.1 Å². The Balaban J connectivity index is 1.36. The van der Waals surface area contributed by atoms with Gasteiger partial charge >= 0.3 is 0 Å². The largest absolute Gasteiger partial charge is 0.484 e. The van der Waals surface area contributed by atoms with E-state index in [1.165, 1.54) is 0 Å². The fraction of sp³-hybridized carbons (Fsp3) is 0.211. The topological polar surface area (TPSA) is 86.5 Å². The van der Waals surface area contributed by atoms with Gasteiger partial charge in [-0.3, -0.25) is 4.79 Å². The smallest absolute Gasteiger partial charge is 0.258 e. The second-order valence-electron chi connectivity index (χ2n) is 5.49. The highest BCUT2D eigenvalue weighted by molar-refractivity contribution is 5.77. The number of nitrogens with one attached hydrogen (secondary N) is 1. The Morgan fingerprint density at radius 3 is 2.69 bits per heavy atom. The van der Waals surface area contributed by atoms with Gasteiger partial charge in [-0.1, -0.05) is 18.2 Å². The Morgan fingerprint density at radius 2 is 1.96 bits per heavy atom. The first-order chi connectivity index (χ1) is 12.7. The Morgan fingerprint density at radius 1 is 1.08 bits per heavy atom. The number of benzene rings is 1. The minimum absolute atomic E-state index is 0.0392. The van der Waals surface area contributed by atoms with Crippen molar-refractivity contribution in [1.82, 2.24) is 15.5 Å². The highest BCUT2D eigenvalue weighted by Gasteiger charge is 2.06. The molecule has 1 N–H and O–H groups in total. The predicted molar refractivity (Wildman–Crippen MR) is 94.9 cm³/mol. The van der Waals surface area contributed by atoms with E-state index in [0.29, 0.717) is 29.6 Å². The lowest BCUT2D eigenvalue weighted by molar-refractivity contribution is -0.123. The summed E-state index contributed by atoms with van der Waals surface area (Å²) in [5.41, 5.74) is 1.62. The van der Waals surface area contributed by atoms with Crippen LogP contribution in [0.4, 0.5) is 0 Å². The van der Waals surface area contributed by atoms with Crippen LogP contribution in [0.2, 0.25) is 0 Å². The van der Waals surface area contributed by atoms with Crippen molar-refractivity contribution in [1.29, 1.82) is 0 Å². The van der Waals surface area contributed by atoms with Gasteiger partial charge in [0, 0.05) is 6.07 Å². The third-order valence-electron chi connectivity index (χ3n) is 3.54. The van der Waals surface area contributed by atoms with Crippen molar-refractivity contribution < 1.29 is 18.7 Å². The first-order valence-corrected chi connectivity index (χ1v) is 8.18. The van der Waals surface area contributed by atoms with E-state index in [0.717, 1.165) is 5.56 Å². The standard InChI is InChI=1S/C19H19N3O4/c1-14-5-2-3-6-16(14)26-13-18(23)20-10-12-25-19-9-8-15(21-22-19)17-7-4-11-24-17/h2-9,11H,10,12-13H2,1H3,(H,20,23). The summed E-state index contributed by atoms with van der Waals surface area (Å²) in [4.78, 5) is 11.8. The summed E-state index contributed by atoms with van der Waals surface area (Å²) in [5.74, 6) is 1.51. The van der Waals surface area contributed by atoms with E-state index < -0.39 is 0 Å². The molecule has 0 unspecified atom stereocenters. The third kappa shape index (κ3) is 4.83. The molecule has 1 amide bonds. The summed E-state index contributed by atoms with van der Waals surface area (Å²) in [6.45, 7) is 2.52. The molecule has 3 rings (SSSR count). The lowest BCUT2D eigenvalue weighted by atomic mass is 10.2. The molecule has 0 fully saturated rings. The molecule has 26 heavy (non-hydrogen) atoms. The van der Waals surface area contributed by atoms with E-state index in [1.807, 2.05) is 31.2 Å². The minimum Gasteiger partial charge on any atom is -0.484 e. The second kappa shape index (κ2) is 8.66. The molecule has 0 saturated carbocycles. The van der Waals surface area contributed by atoms with Crippen LogP contribution in [0.3, 0.4) is 0 Å². The first kappa shape index (κ1) is 17.5. The zero-order chi connectivity index (χ0) is 18.2. The summed E-state index contributed by atoms with van der Waals surface area (Å²) in [6, 6.07) is 14.6. The maximum atomic E-state index is 11.8. The number of furan rings is 1. The van der Waals surface area contributed by atoms with Gasteiger partial charge in [0.15, 0.2) is 12.4 Å². The van der Waals surface area contributed by atoms with E-state index in [2.05, 4.69) is 15.5 Å². The van der Waals surface area contributed by atoms with Crippen LogP contribution < -0.4 is 14.8 Å². The highest BCUT2D eigenvalue weighted by Crippen LogP contribution is 2.18. The van der Waals surface area contributed by atoms with Gasteiger partial charge < -0.3 is 19.2 Å². The van der Waals surface area contributed by atoms with Crippen molar-refractivity contribution in [2.45, 2.75) is 6.92 Å². The highest BCUT2D eigenvalue weighted by atomic mass is 16.5. The van der Waals surface area contributed by atoms with Gasteiger partial charge in [0.1, 0.15) is 18.1 Å². The maximum Gasteiger partial charge on any atom is 0.258 e. The van der Waals surface area contributed by atoms with Crippen LogP contribution in [0, 0.1) is 6.92 Å². The lowest BCUT2D eigenvalue weighted by Gasteiger charge is -2.09. The first-order valence-electron chi connectivity index (χ1n) is 8.18. The molecular formula is C19H19N3O4. The summed E-state index contributed by atoms with van der Waals surface area (Å²) in [6.07, 6.45) is 1.58. The maximum absolute atomic E-state index is 11.8. The Labute approximate surface area is 151 Å². The average molecular weight is 353 g/mol. The van der Waals surface area contributed by atoms with Crippen molar-refractivity contribution in [3.63, 3.8) is 0 Å². The molecule has 134 valence electrons. The van der Waals surface area contributed by atoms with Crippen LogP contribution in [0.1, 0.15) is 5.56 Å². The van der Waals surface area contributed by atoms with Gasteiger partial charge in [-0.25, -0.2) is 0 Å². The summed E-state index contributed by atoms with van der Waals surface area (Å²) >= 11 is 0. The molecule has 0 radical (unpaired) electrons. The molecule has 2 heterocycles. The Hall–Kier alpha value is -3.35. The SMILES string of the molecule is Cc1ccccc1OCC(=O)NCCOc1ccc(-c2ccco2)nn1. The number of carbonyl (C=O) groups is 1.